The summed E-state index contributed by atoms with van der Waals surface area (Å²) in [6, 6.07) is 0.792. The molecule has 0 saturated heterocycles. The second kappa shape index (κ2) is 3.67. The van der Waals surface area contributed by atoms with Gasteiger partial charge in [0.05, 0.1) is 0 Å². The molecule has 11 heavy (non-hydrogen) atoms. The summed E-state index contributed by atoms with van der Waals surface area (Å²) in [5.74, 6) is 0.269. The Bertz CT molecular complexity index is 174. The van der Waals surface area contributed by atoms with Gasteiger partial charge in [-0.05, 0) is 20.3 Å². The summed E-state index contributed by atoms with van der Waals surface area (Å²) in [5, 5.41) is 3.34. The predicted octanol–water partition coefficient (Wildman–Crippen LogP) is 1.27. The van der Waals surface area contributed by atoms with Crippen molar-refractivity contribution in [1.82, 2.24) is 5.32 Å². The van der Waals surface area contributed by atoms with Gasteiger partial charge in [0.25, 0.3) is 0 Å². The van der Waals surface area contributed by atoms with Crippen LogP contribution < -0.4 is 5.32 Å². The second-order valence-electron chi connectivity index (χ2n) is 3.22. The van der Waals surface area contributed by atoms with E-state index in [-0.39, 0.29) is 5.78 Å². The molecule has 1 aliphatic rings. The largest absolute Gasteiger partial charge is 0.307 e. The van der Waals surface area contributed by atoms with Crippen LogP contribution in [0.25, 0.3) is 0 Å². The number of carbonyl (C=O) groups excluding carboxylic acids is 1. The quantitative estimate of drug-likeness (QED) is 0.605. The molecule has 0 aromatic rings. The molecule has 0 fully saturated rings. The molecule has 0 aromatic carbocycles. The molecule has 0 saturated carbocycles. The molecule has 1 N–H and O–H groups in total. The van der Waals surface area contributed by atoms with Crippen molar-refractivity contribution in [3.63, 3.8) is 0 Å². The highest BCUT2D eigenvalue weighted by molar-refractivity contribution is 5.76. The van der Waals surface area contributed by atoms with E-state index < -0.39 is 0 Å². The highest BCUT2D eigenvalue weighted by atomic mass is 16.1. The van der Waals surface area contributed by atoms with Crippen molar-refractivity contribution in [2.45, 2.75) is 38.8 Å². The van der Waals surface area contributed by atoms with Gasteiger partial charge in [0.1, 0.15) is 5.78 Å². The Morgan fingerprint density at radius 2 is 2.45 bits per heavy atom. The highest BCUT2D eigenvalue weighted by Crippen LogP contribution is 2.07. The monoisotopic (exact) mass is 153 g/mol. The molecule has 1 rings (SSSR count). The number of nitrogens with one attached hydrogen (secondary N) is 1. The number of hydrogen-bond donors (Lipinski definition) is 1. The summed E-state index contributed by atoms with van der Waals surface area (Å²) >= 11 is 0. The molecule has 0 amide bonds. The van der Waals surface area contributed by atoms with E-state index in [9.17, 15) is 4.79 Å². The van der Waals surface area contributed by atoms with Crippen LogP contribution in [-0.4, -0.2) is 17.9 Å². The molecule has 0 radical (unpaired) electrons. The molecule has 62 valence electrons. The third-order valence-electron chi connectivity index (χ3n) is 1.88. The van der Waals surface area contributed by atoms with Gasteiger partial charge >= 0.3 is 0 Å². The smallest absolute Gasteiger partial charge is 0.131 e. The molecule has 1 aliphatic heterocycles. The summed E-state index contributed by atoms with van der Waals surface area (Å²) in [6.07, 6.45) is 5.93. The van der Waals surface area contributed by atoms with Crippen LogP contribution in [-0.2, 0) is 4.79 Å². The number of Topliss-reactive ketones (excluding diaryl/α,β-unsaturated/α-hetero) is 1. The molecule has 0 bridgehead atoms. The third-order valence-corrected chi connectivity index (χ3v) is 1.88. The molecule has 0 aliphatic carbocycles. The van der Waals surface area contributed by atoms with Gasteiger partial charge in [-0.25, -0.2) is 0 Å². The molecule has 0 aromatic heterocycles. The molecule has 1 heterocycles. The first-order chi connectivity index (χ1) is 5.18. The Hall–Kier alpha value is -0.630. The van der Waals surface area contributed by atoms with E-state index in [2.05, 4.69) is 24.4 Å². The lowest BCUT2D eigenvalue weighted by Crippen LogP contribution is -2.38. The Morgan fingerprint density at radius 1 is 1.73 bits per heavy atom. The maximum atomic E-state index is 10.8. The first-order valence-electron chi connectivity index (χ1n) is 4.10. The van der Waals surface area contributed by atoms with Crippen LogP contribution in [0.2, 0.25) is 0 Å². The van der Waals surface area contributed by atoms with E-state index in [1.54, 1.807) is 6.92 Å². The van der Waals surface area contributed by atoms with Crippen molar-refractivity contribution in [2.24, 2.45) is 0 Å². The van der Waals surface area contributed by atoms with Crippen molar-refractivity contribution in [3.8, 4) is 0 Å². The molecule has 2 heteroatoms. The van der Waals surface area contributed by atoms with Crippen LogP contribution in [0.3, 0.4) is 0 Å². The van der Waals surface area contributed by atoms with E-state index in [1.165, 1.54) is 0 Å². The van der Waals surface area contributed by atoms with Crippen LogP contribution in [0.15, 0.2) is 12.2 Å². The van der Waals surface area contributed by atoms with E-state index in [0.717, 1.165) is 6.42 Å². The molecule has 0 unspecified atom stereocenters. The summed E-state index contributed by atoms with van der Waals surface area (Å²) < 4.78 is 0. The lowest BCUT2D eigenvalue weighted by molar-refractivity contribution is -0.117. The zero-order valence-corrected chi connectivity index (χ0v) is 7.13. The topological polar surface area (TPSA) is 29.1 Å². The van der Waals surface area contributed by atoms with Gasteiger partial charge < -0.3 is 5.32 Å². The van der Waals surface area contributed by atoms with Gasteiger partial charge in [-0.2, -0.15) is 0 Å². The van der Waals surface area contributed by atoms with Crippen LogP contribution in [0, 0.1) is 0 Å². The first kappa shape index (κ1) is 8.47. The average molecular weight is 153 g/mol. The van der Waals surface area contributed by atoms with Gasteiger partial charge in [-0.15, -0.1) is 0 Å². The van der Waals surface area contributed by atoms with Crippen molar-refractivity contribution in [2.75, 3.05) is 0 Å². The fourth-order valence-electron chi connectivity index (χ4n) is 1.43. The molecule has 0 spiro atoms. The van der Waals surface area contributed by atoms with Gasteiger partial charge in [-0.3, -0.25) is 4.79 Å². The molecular weight excluding hydrogens is 138 g/mol. The Kier molecular flexibility index (Phi) is 2.83. The predicted molar refractivity (Wildman–Crippen MR) is 45.4 cm³/mol. The van der Waals surface area contributed by atoms with Crippen molar-refractivity contribution in [3.05, 3.63) is 12.2 Å². The van der Waals surface area contributed by atoms with Crippen LogP contribution in [0.1, 0.15) is 26.7 Å². The van der Waals surface area contributed by atoms with Gasteiger partial charge in [0.15, 0.2) is 0 Å². The Labute approximate surface area is 67.7 Å². The van der Waals surface area contributed by atoms with E-state index in [0.29, 0.717) is 18.5 Å². The number of carbonyl (C=O) groups is 1. The third kappa shape index (κ3) is 2.85. The zero-order chi connectivity index (χ0) is 8.27. The lowest BCUT2D eigenvalue weighted by atomic mass is 10.0. The van der Waals surface area contributed by atoms with Gasteiger partial charge in [0, 0.05) is 18.5 Å². The highest BCUT2D eigenvalue weighted by Gasteiger charge is 2.14. The second-order valence-corrected chi connectivity index (χ2v) is 3.22. The summed E-state index contributed by atoms with van der Waals surface area (Å²) in [4.78, 5) is 10.8. The fraction of sp³-hybridized carbons (Fsp3) is 0.667. The number of hydrogen-bond acceptors (Lipinski definition) is 2. The molecule has 2 nitrogen and oxygen atoms in total. The maximum absolute atomic E-state index is 10.8. The Balaban J connectivity index is 2.37. The minimum absolute atomic E-state index is 0.269. The lowest BCUT2D eigenvalue weighted by Gasteiger charge is -2.23. The van der Waals surface area contributed by atoms with E-state index in [4.69, 9.17) is 0 Å². The summed E-state index contributed by atoms with van der Waals surface area (Å²) in [5.41, 5.74) is 0. The SMILES string of the molecule is CC(=O)C[C@H]1CC=C[C@@H](C)N1. The van der Waals surface area contributed by atoms with Crippen LogP contribution in [0.5, 0.6) is 0 Å². The minimum atomic E-state index is 0.269. The van der Waals surface area contributed by atoms with Crippen molar-refractivity contribution >= 4 is 5.78 Å². The van der Waals surface area contributed by atoms with Gasteiger partial charge in [0.2, 0.25) is 0 Å². The van der Waals surface area contributed by atoms with E-state index >= 15 is 0 Å². The van der Waals surface area contributed by atoms with Crippen LogP contribution in [0.4, 0.5) is 0 Å². The van der Waals surface area contributed by atoms with Gasteiger partial charge in [-0.1, -0.05) is 12.2 Å². The maximum Gasteiger partial charge on any atom is 0.131 e. The summed E-state index contributed by atoms with van der Waals surface area (Å²) in [6.45, 7) is 3.74. The van der Waals surface area contributed by atoms with Crippen molar-refractivity contribution in [1.29, 1.82) is 0 Å². The average Bonchev–Trinajstić information content (AvgIpc) is 1.85. The number of ketones is 1. The first-order valence-corrected chi connectivity index (χ1v) is 4.10. The fourth-order valence-corrected chi connectivity index (χ4v) is 1.43. The number of rotatable bonds is 2. The molecule has 2 atom stereocenters. The minimum Gasteiger partial charge on any atom is -0.307 e. The Morgan fingerprint density at radius 3 is 3.00 bits per heavy atom. The zero-order valence-electron chi connectivity index (χ0n) is 7.13. The summed E-state index contributed by atoms with van der Waals surface area (Å²) in [7, 11) is 0. The van der Waals surface area contributed by atoms with E-state index in [1.807, 2.05) is 0 Å². The normalized spacial score (nSPS) is 30.4. The van der Waals surface area contributed by atoms with Crippen molar-refractivity contribution < 1.29 is 4.79 Å². The standard InChI is InChI=1S/C9H15NO/c1-7-4-3-5-9(10-7)6-8(2)11/h3-4,7,9-10H,5-6H2,1-2H3/t7-,9-/m1/s1. The molecular formula is C9H15NO. The van der Waals surface area contributed by atoms with Crippen LogP contribution >= 0.6 is 0 Å².